The van der Waals surface area contributed by atoms with Gasteiger partial charge < -0.3 is 18.8 Å². The van der Waals surface area contributed by atoms with Gasteiger partial charge in [0.15, 0.2) is 0 Å². The zero-order valence-electron chi connectivity index (χ0n) is 15.2. The molecule has 138 valence electrons. The molecule has 2 heterocycles. The maximum absolute atomic E-state index is 12.6. The first-order valence-electron chi connectivity index (χ1n) is 9.39. The van der Waals surface area contributed by atoms with Crippen LogP contribution in [-0.2, 0) is 17.6 Å². The van der Waals surface area contributed by atoms with Crippen molar-refractivity contribution in [2.75, 3.05) is 26.3 Å². The van der Waals surface area contributed by atoms with Gasteiger partial charge in [0.1, 0.15) is 30.5 Å². The number of furan rings is 1. The monoisotopic (exact) mass is 355 g/mol. The van der Waals surface area contributed by atoms with Crippen molar-refractivity contribution in [1.29, 1.82) is 0 Å². The molecule has 5 nitrogen and oxygen atoms in total. The average Bonchev–Trinajstić information content (AvgIpc) is 3.12. The second kappa shape index (κ2) is 7.54. The van der Waals surface area contributed by atoms with E-state index in [1.165, 1.54) is 36.7 Å². The smallest absolute Gasteiger partial charge is 0.257 e. The van der Waals surface area contributed by atoms with E-state index in [0.29, 0.717) is 31.9 Å². The molecule has 2 aliphatic rings. The number of aryl methyl sites for hydroxylation is 3. The van der Waals surface area contributed by atoms with Gasteiger partial charge in [0.05, 0.1) is 18.7 Å². The van der Waals surface area contributed by atoms with Crippen LogP contribution in [0.3, 0.4) is 0 Å². The Balaban J connectivity index is 1.34. The molecule has 1 atom stereocenters. The molecule has 1 saturated heterocycles. The number of fused-ring (bicyclic) bond motifs is 1. The summed E-state index contributed by atoms with van der Waals surface area (Å²) in [6.45, 7) is 3.95. The van der Waals surface area contributed by atoms with Crippen molar-refractivity contribution in [1.82, 2.24) is 4.90 Å². The number of hydrogen-bond acceptors (Lipinski definition) is 4. The van der Waals surface area contributed by atoms with Crippen molar-refractivity contribution in [3.05, 3.63) is 53.0 Å². The number of benzene rings is 1. The van der Waals surface area contributed by atoms with E-state index in [9.17, 15) is 4.79 Å². The topological polar surface area (TPSA) is 51.9 Å². The molecule has 0 radical (unpaired) electrons. The summed E-state index contributed by atoms with van der Waals surface area (Å²) in [6, 6.07) is 8.16. The number of amides is 1. The second-order valence-electron chi connectivity index (χ2n) is 7.14. The van der Waals surface area contributed by atoms with Crippen molar-refractivity contribution in [3.63, 3.8) is 0 Å². The largest absolute Gasteiger partial charge is 0.491 e. The van der Waals surface area contributed by atoms with Crippen LogP contribution in [0.4, 0.5) is 0 Å². The number of hydrogen-bond donors (Lipinski definition) is 0. The van der Waals surface area contributed by atoms with Crippen LogP contribution < -0.4 is 4.74 Å². The molecule has 1 aromatic carbocycles. The van der Waals surface area contributed by atoms with Crippen molar-refractivity contribution >= 4 is 5.91 Å². The van der Waals surface area contributed by atoms with Crippen LogP contribution in [0.5, 0.6) is 5.75 Å². The van der Waals surface area contributed by atoms with E-state index in [1.54, 1.807) is 6.07 Å². The molecule has 2 aromatic rings. The Labute approximate surface area is 153 Å². The van der Waals surface area contributed by atoms with E-state index in [1.807, 2.05) is 17.9 Å². The summed E-state index contributed by atoms with van der Waals surface area (Å²) in [5, 5.41) is 0. The Hall–Kier alpha value is -2.27. The van der Waals surface area contributed by atoms with Gasteiger partial charge in [-0.25, -0.2) is 0 Å². The lowest BCUT2D eigenvalue weighted by Crippen LogP contribution is -2.47. The fourth-order valence-corrected chi connectivity index (χ4v) is 3.73. The minimum atomic E-state index is -0.114. The van der Waals surface area contributed by atoms with Crippen LogP contribution in [0, 0.1) is 6.92 Å². The molecule has 1 aromatic heterocycles. The van der Waals surface area contributed by atoms with E-state index in [4.69, 9.17) is 13.9 Å². The van der Waals surface area contributed by atoms with Crippen LogP contribution >= 0.6 is 0 Å². The molecule has 0 spiro atoms. The molecule has 1 amide bonds. The number of rotatable bonds is 4. The van der Waals surface area contributed by atoms with Crippen LogP contribution in [0.15, 0.2) is 34.9 Å². The van der Waals surface area contributed by atoms with Crippen LogP contribution in [0.25, 0.3) is 0 Å². The lowest BCUT2D eigenvalue weighted by Gasteiger charge is -2.32. The summed E-state index contributed by atoms with van der Waals surface area (Å²) in [5.41, 5.74) is 3.45. The summed E-state index contributed by atoms with van der Waals surface area (Å²) in [4.78, 5) is 14.4. The molecule has 1 aliphatic heterocycles. The Bertz CT molecular complexity index is 782. The van der Waals surface area contributed by atoms with Gasteiger partial charge in [-0.2, -0.15) is 0 Å². The number of ether oxygens (including phenoxy) is 2. The van der Waals surface area contributed by atoms with Gasteiger partial charge in [-0.05, 0) is 61.9 Å². The molecular formula is C21H25NO4. The first kappa shape index (κ1) is 17.2. The lowest BCUT2D eigenvalue weighted by atomic mass is 9.92. The van der Waals surface area contributed by atoms with Gasteiger partial charge in [-0.3, -0.25) is 4.79 Å². The first-order chi connectivity index (χ1) is 12.7. The fraction of sp³-hybridized carbons (Fsp3) is 0.476. The highest BCUT2D eigenvalue weighted by Crippen LogP contribution is 2.25. The zero-order chi connectivity index (χ0) is 17.9. The van der Waals surface area contributed by atoms with Crippen molar-refractivity contribution in [2.45, 2.75) is 38.7 Å². The second-order valence-corrected chi connectivity index (χ2v) is 7.14. The summed E-state index contributed by atoms with van der Waals surface area (Å²) in [7, 11) is 0. The number of carbonyl (C=O) groups is 1. The third-order valence-electron chi connectivity index (χ3n) is 5.16. The van der Waals surface area contributed by atoms with Crippen LogP contribution in [0.2, 0.25) is 0 Å². The van der Waals surface area contributed by atoms with E-state index in [-0.39, 0.29) is 12.0 Å². The number of morpholine rings is 1. The highest BCUT2D eigenvalue weighted by atomic mass is 16.5. The summed E-state index contributed by atoms with van der Waals surface area (Å²) in [6.07, 6.45) is 6.25. The molecule has 1 aliphatic carbocycles. The lowest BCUT2D eigenvalue weighted by molar-refractivity contribution is -0.0401. The van der Waals surface area contributed by atoms with Crippen molar-refractivity contribution in [3.8, 4) is 5.75 Å². The number of nitrogens with zero attached hydrogens (tertiary/aromatic N) is 1. The molecule has 1 fully saturated rings. The third-order valence-corrected chi connectivity index (χ3v) is 5.16. The molecular weight excluding hydrogens is 330 g/mol. The molecule has 0 N–H and O–H groups in total. The van der Waals surface area contributed by atoms with Crippen molar-refractivity contribution < 1.29 is 18.7 Å². The molecule has 1 unspecified atom stereocenters. The molecule has 5 heteroatoms. The Morgan fingerprint density at radius 3 is 2.88 bits per heavy atom. The highest BCUT2D eigenvalue weighted by Gasteiger charge is 2.26. The zero-order valence-corrected chi connectivity index (χ0v) is 15.2. The summed E-state index contributed by atoms with van der Waals surface area (Å²) >= 11 is 0. The highest BCUT2D eigenvalue weighted by molar-refractivity contribution is 5.94. The van der Waals surface area contributed by atoms with E-state index >= 15 is 0 Å². The fourth-order valence-electron chi connectivity index (χ4n) is 3.73. The normalized spacial score (nSPS) is 19.9. The first-order valence-corrected chi connectivity index (χ1v) is 9.39. The van der Waals surface area contributed by atoms with Crippen LogP contribution in [0.1, 0.15) is 40.1 Å². The van der Waals surface area contributed by atoms with E-state index in [0.717, 1.165) is 17.9 Å². The van der Waals surface area contributed by atoms with E-state index in [2.05, 4.69) is 12.1 Å². The summed E-state index contributed by atoms with van der Waals surface area (Å²) < 4.78 is 17.0. The minimum absolute atomic E-state index is 0.0102. The quantitative estimate of drug-likeness (QED) is 0.844. The van der Waals surface area contributed by atoms with Gasteiger partial charge >= 0.3 is 0 Å². The molecule has 0 bridgehead atoms. The molecule has 4 rings (SSSR count). The van der Waals surface area contributed by atoms with Gasteiger partial charge in [0.2, 0.25) is 0 Å². The third kappa shape index (κ3) is 3.78. The standard InChI is InChI=1S/C21H25NO4/c1-15-10-18(13-25-15)21(23)22-8-9-24-20(12-22)14-26-19-7-6-16-4-2-3-5-17(16)11-19/h6-7,10-11,13,20H,2-5,8-9,12,14H2,1H3. The van der Waals surface area contributed by atoms with E-state index < -0.39 is 0 Å². The van der Waals surface area contributed by atoms with Gasteiger partial charge in [0, 0.05) is 6.54 Å². The van der Waals surface area contributed by atoms with Crippen molar-refractivity contribution in [2.24, 2.45) is 0 Å². The minimum Gasteiger partial charge on any atom is -0.491 e. The summed E-state index contributed by atoms with van der Waals surface area (Å²) in [5.74, 6) is 1.63. The Kier molecular flexibility index (Phi) is 4.98. The maximum atomic E-state index is 12.6. The number of carbonyl (C=O) groups excluding carboxylic acids is 1. The molecule has 0 saturated carbocycles. The van der Waals surface area contributed by atoms with Gasteiger partial charge in [-0.1, -0.05) is 6.07 Å². The molecule has 26 heavy (non-hydrogen) atoms. The maximum Gasteiger partial charge on any atom is 0.257 e. The van der Waals surface area contributed by atoms with Gasteiger partial charge in [0.25, 0.3) is 5.91 Å². The Morgan fingerprint density at radius 1 is 1.23 bits per heavy atom. The predicted molar refractivity (Wildman–Crippen MR) is 97.7 cm³/mol. The SMILES string of the molecule is Cc1cc(C(=O)N2CCOC(COc3ccc4c(c3)CCCC4)C2)co1. The van der Waals surface area contributed by atoms with Gasteiger partial charge in [-0.15, -0.1) is 0 Å². The van der Waals surface area contributed by atoms with Crippen LogP contribution in [-0.4, -0.2) is 43.2 Å². The average molecular weight is 355 g/mol. The Morgan fingerprint density at radius 2 is 2.08 bits per heavy atom. The predicted octanol–water partition coefficient (Wildman–Crippen LogP) is 3.39.